The smallest absolute Gasteiger partial charge is 0.266 e. The Kier molecular flexibility index (Phi) is 5.93. The van der Waals surface area contributed by atoms with Crippen LogP contribution < -0.4 is 5.32 Å². The van der Waals surface area contributed by atoms with Gasteiger partial charge in [-0.05, 0) is 30.7 Å². The van der Waals surface area contributed by atoms with Crippen LogP contribution in [-0.4, -0.2) is 32.7 Å². The lowest BCUT2D eigenvalue weighted by Gasteiger charge is -2.14. The minimum atomic E-state index is -0.298. The summed E-state index contributed by atoms with van der Waals surface area (Å²) in [6, 6.07) is 14.3. The minimum Gasteiger partial charge on any atom is -0.506 e. The van der Waals surface area contributed by atoms with Crippen molar-refractivity contribution in [1.82, 2.24) is 4.90 Å². The maximum Gasteiger partial charge on any atom is 0.266 e. The van der Waals surface area contributed by atoms with E-state index in [4.69, 9.17) is 12.2 Å². The molecule has 0 aromatic heterocycles. The first-order valence-corrected chi connectivity index (χ1v) is 9.56. The second kappa shape index (κ2) is 8.37. The summed E-state index contributed by atoms with van der Waals surface area (Å²) < 4.78 is 0.439. The van der Waals surface area contributed by atoms with Crippen LogP contribution in [0.2, 0.25) is 0 Å². The lowest BCUT2D eigenvalue weighted by molar-refractivity contribution is -0.122. The Bertz CT molecular complexity index is 940. The number of thiocarbonyl (C=S) groups is 1. The summed E-state index contributed by atoms with van der Waals surface area (Å²) in [5.74, 6) is -0.493. The van der Waals surface area contributed by atoms with Crippen LogP contribution in [0.25, 0.3) is 6.08 Å². The topological polar surface area (TPSA) is 69.6 Å². The molecule has 5 nitrogen and oxygen atoms in total. The fraction of sp³-hybridized carbons (Fsp3) is 0.150. The van der Waals surface area contributed by atoms with Gasteiger partial charge in [0.25, 0.3) is 5.91 Å². The molecule has 2 aromatic rings. The van der Waals surface area contributed by atoms with Gasteiger partial charge < -0.3 is 10.4 Å². The van der Waals surface area contributed by atoms with Crippen LogP contribution in [0.3, 0.4) is 0 Å². The van der Waals surface area contributed by atoms with Crippen LogP contribution >= 0.6 is 24.0 Å². The maximum absolute atomic E-state index is 12.6. The number of benzene rings is 2. The molecule has 0 atom stereocenters. The molecule has 1 fully saturated rings. The number of thioether (sulfide) groups is 1. The van der Waals surface area contributed by atoms with Crippen molar-refractivity contribution in [3.8, 4) is 5.75 Å². The van der Waals surface area contributed by atoms with Gasteiger partial charge in [-0.3, -0.25) is 14.5 Å². The molecule has 0 saturated carbocycles. The Balaban J connectivity index is 1.62. The lowest BCUT2D eigenvalue weighted by Crippen LogP contribution is -2.31. The zero-order valence-corrected chi connectivity index (χ0v) is 16.3. The molecule has 7 heteroatoms. The van der Waals surface area contributed by atoms with Gasteiger partial charge in [-0.25, -0.2) is 0 Å². The number of carbonyl (C=O) groups excluding carboxylic acids is 2. The predicted octanol–water partition coefficient (Wildman–Crippen LogP) is 3.93. The van der Waals surface area contributed by atoms with Gasteiger partial charge in [0.1, 0.15) is 10.1 Å². The third-order valence-electron chi connectivity index (χ3n) is 3.95. The summed E-state index contributed by atoms with van der Waals surface area (Å²) in [6.45, 7) is 2.18. The van der Waals surface area contributed by atoms with E-state index in [1.54, 1.807) is 18.2 Å². The van der Waals surface area contributed by atoms with Crippen LogP contribution in [0, 0.1) is 6.92 Å². The Labute approximate surface area is 167 Å². The van der Waals surface area contributed by atoms with E-state index < -0.39 is 0 Å². The van der Waals surface area contributed by atoms with Crippen molar-refractivity contribution in [1.29, 1.82) is 0 Å². The summed E-state index contributed by atoms with van der Waals surface area (Å²) in [5.41, 5.74) is 2.39. The van der Waals surface area contributed by atoms with Gasteiger partial charge in [-0.1, -0.05) is 65.9 Å². The summed E-state index contributed by atoms with van der Waals surface area (Å²) in [4.78, 5) is 26.7. The van der Waals surface area contributed by atoms with Gasteiger partial charge in [0.05, 0.1) is 10.6 Å². The average Bonchev–Trinajstić information content (AvgIpc) is 2.88. The van der Waals surface area contributed by atoms with E-state index >= 15 is 0 Å². The molecule has 0 radical (unpaired) electrons. The highest BCUT2D eigenvalue weighted by Gasteiger charge is 2.32. The van der Waals surface area contributed by atoms with E-state index in [1.165, 1.54) is 22.7 Å². The molecular formula is C20H18N2O3S2. The number of carbonyl (C=O) groups is 2. The number of nitrogens with one attached hydrogen (secondary N) is 1. The number of aryl methyl sites for hydroxylation is 1. The van der Waals surface area contributed by atoms with Crippen molar-refractivity contribution in [2.24, 2.45) is 0 Å². The number of phenolic OH excluding ortho intramolecular Hbond substituents is 1. The molecule has 0 spiro atoms. The highest BCUT2D eigenvalue weighted by molar-refractivity contribution is 8.26. The standard InChI is InChI=1S/C20H18N2O3S2/c1-13-5-4-6-14(11-13)12-17-19(25)22(20(26)27-17)10-9-18(24)21-15-7-2-3-8-16(15)23/h2-8,11-12,23H,9-10H2,1H3,(H,21,24). The number of para-hydroxylation sites is 2. The first-order chi connectivity index (χ1) is 12.9. The molecule has 0 aliphatic carbocycles. The fourth-order valence-electron chi connectivity index (χ4n) is 2.61. The van der Waals surface area contributed by atoms with E-state index in [2.05, 4.69) is 5.32 Å². The van der Waals surface area contributed by atoms with Gasteiger partial charge in [0, 0.05) is 13.0 Å². The Morgan fingerprint density at radius 3 is 2.78 bits per heavy atom. The Morgan fingerprint density at radius 1 is 1.26 bits per heavy atom. The zero-order chi connectivity index (χ0) is 19.4. The number of anilines is 1. The summed E-state index contributed by atoms with van der Waals surface area (Å²) >= 11 is 6.53. The summed E-state index contributed by atoms with van der Waals surface area (Å²) in [7, 11) is 0. The van der Waals surface area contributed by atoms with Gasteiger partial charge in [-0.15, -0.1) is 0 Å². The lowest BCUT2D eigenvalue weighted by atomic mass is 10.1. The molecule has 1 heterocycles. The Morgan fingerprint density at radius 2 is 2.04 bits per heavy atom. The maximum atomic E-state index is 12.6. The van der Waals surface area contributed by atoms with Gasteiger partial charge in [0.15, 0.2) is 0 Å². The molecule has 2 N–H and O–H groups in total. The monoisotopic (exact) mass is 398 g/mol. The molecule has 1 aliphatic heterocycles. The molecule has 27 heavy (non-hydrogen) atoms. The van der Waals surface area contributed by atoms with Gasteiger partial charge in [0.2, 0.25) is 5.91 Å². The summed E-state index contributed by atoms with van der Waals surface area (Å²) in [6.07, 6.45) is 1.90. The molecule has 1 saturated heterocycles. The van der Waals surface area contributed by atoms with Crippen LogP contribution in [-0.2, 0) is 9.59 Å². The minimum absolute atomic E-state index is 0.00227. The number of phenols is 1. The van der Waals surface area contributed by atoms with Crippen molar-refractivity contribution in [3.63, 3.8) is 0 Å². The number of nitrogens with zero attached hydrogens (tertiary/aromatic N) is 1. The SMILES string of the molecule is Cc1cccc(C=C2SC(=S)N(CCC(=O)Nc3ccccc3O)C2=O)c1. The highest BCUT2D eigenvalue weighted by Crippen LogP contribution is 2.32. The number of amides is 2. The second-order valence-corrected chi connectivity index (χ2v) is 7.74. The van der Waals surface area contributed by atoms with Gasteiger partial charge >= 0.3 is 0 Å². The molecule has 138 valence electrons. The molecule has 3 rings (SSSR count). The first kappa shape index (κ1) is 19.1. The van der Waals surface area contributed by atoms with E-state index in [-0.39, 0.29) is 30.5 Å². The predicted molar refractivity (Wildman–Crippen MR) is 112 cm³/mol. The normalized spacial score (nSPS) is 15.4. The third kappa shape index (κ3) is 4.75. The van der Waals surface area contributed by atoms with Crippen molar-refractivity contribution < 1.29 is 14.7 Å². The molecule has 0 unspecified atom stereocenters. The van der Waals surface area contributed by atoms with Crippen LogP contribution in [0.5, 0.6) is 5.75 Å². The third-order valence-corrected chi connectivity index (χ3v) is 5.33. The first-order valence-electron chi connectivity index (χ1n) is 8.34. The van der Waals surface area contributed by atoms with E-state index in [0.29, 0.717) is 14.9 Å². The average molecular weight is 399 g/mol. The quantitative estimate of drug-likeness (QED) is 0.454. The van der Waals surface area contributed by atoms with Crippen molar-refractivity contribution in [2.75, 3.05) is 11.9 Å². The molecule has 2 aromatic carbocycles. The van der Waals surface area contributed by atoms with E-state index in [0.717, 1.165) is 11.1 Å². The van der Waals surface area contributed by atoms with E-state index in [9.17, 15) is 14.7 Å². The zero-order valence-electron chi connectivity index (χ0n) is 14.6. The van der Waals surface area contributed by atoms with Crippen molar-refractivity contribution in [3.05, 3.63) is 64.6 Å². The molecule has 2 amide bonds. The number of hydrogen-bond acceptors (Lipinski definition) is 5. The number of aromatic hydroxyl groups is 1. The number of hydrogen-bond donors (Lipinski definition) is 2. The second-order valence-electron chi connectivity index (χ2n) is 6.06. The highest BCUT2D eigenvalue weighted by atomic mass is 32.2. The van der Waals surface area contributed by atoms with Gasteiger partial charge in [-0.2, -0.15) is 0 Å². The van der Waals surface area contributed by atoms with Crippen LogP contribution in [0.4, 0.5) is 5.69 Å². The van der Waals surface area contributed by atoms with E-state index in [1.807, 2.05) is 37.3 Å². The van der Waals surface area contributed by atoms with Crippen molar-refractivity contribution >= 4 is 51.9 Å². The molecule has 1 aliphatic rings. The van der Waals surface area contributed by atoms with Crippen LogP contribution in [0.15, 0.2) is 53.4 Å². The van der Waals surface area contributed by atoms with Crippen molar-refractivity contribution in [2.45, 2.75) is 13.3 Å². The fourth-order valence-corrected chi connectivity index (χ4v) is 3.92. The number of rotatable bonds is 5. The Hall–Kier alpha value is -2.64. The van der Waals surface area contributed by atoms with Crippen LogP contribution in [0.1, 0.15) is 17.5 Å². The molecule has 0 bridgehead atoms. The molecular weight excluding hydrogens is 380 g/mol. The summed E-state index contributed by atoms with van der Waals surface area (Å²) in [5, 5.41) is 12.3. The largest absolute Gasteiger partial charge is 0.506 e.